The van der Waals surface area contributed by atoms with E-state index in [4.69, 9.17) is 0 Å². The van der Waals surface area contributed by atoms with Gasteiger partial charge in [-0.3, -0.25) is 4.79 Å². The predicted octanol–water partition coefficient (Wildman–Crippen LogP) is 3.57. The van der Waals surface area contributed by atoms with Gasteiger partial charge in [0.15, 0.2) is 0 Å². The average Bonchev–Trinajstić information content (AvgIpc) is 2.54. The summed E-state index contributed by atoms with van der Waals surface area (Å²) in [7, 11) is 1.87. The standard InChI is InChI=1S/C18H23F3N2O/c1-13(15-7-3-4-8-16(15)18(19,20)21)10-17(24)23-9-5-6-14(12-23)11-22-2/h3-4,7-8,10,14,22H,5-6,9,11-12H2,1-2H3/b13-10+. The number of amides is 1. The molecule has 6 heteroatoms. The number of likely N-dealkylation sites (tertiary alicyclic amines) is 1. The molecule has 1 aliphatic heterocycles. The molecule has 132 valence electrons. The highest BCUT2D eigenvalue weighted by molar-refractivity contribution is 5.95. The van der Waals surface area contributed by atoms with Crippen LogP contribution < -0.4 is 5.32 Å². The number of nitrogens with zero attached hydrogens (tertiary/aromatic N) is 1. The molecular formula is C18H23F3N2O. The molecule has 1 fully saturated rings. The van der Waals surface area contributed by atoms with Crippen molar-refractivity contribution in [3.8, 4) is 0 Å². The van der Waals surface area contributed by atoms with Gasteiger partial charge in [0.25, 0.3) is 0 Å². The smallest absolute Gasteiger partial charge is 0.339 e. The van der Waals surface area contributed by atoms with Gasteiger partial charge in [0.05, 0.1) is 5.56 Å². The van der Waals surface area contributed by atoms with Crippen molar-refractivity contribution in [1.82, 2.24) is 10.2 Å². The number of alkyl halides is 3. The first-order valence-electron chi connectivity index (χ1n) is 8.11. The van der Waals surface area contributed by atoms with Crippen LogP contribution in [0.15, 0.2) is 30.3 Å². The molecule has 1 aliphatic rings. The fourth-order valence-corrected chi connectivity index (χ4v) is 3.15. The van der Waals surface area contributed by atoms with Gasteiger partial charge in [0, 0.05) is 19.2 Å². The maximum Gasteiger partial charge on any atom is 0.416 e. The van der Waals surface area contributed by atoms with Crippen LogP contribution in [0.2, 0.25) is 0 Å². The van der Waals surface area contributed by atoms with Gasteiger partial charge in [-0.05, 0) is 56.5 Å². The van der Waals surface area contributed by atoms with Crippen molar-refractivity contribution in [2.75, 3.05) is 26.7 Å². The third-order valence-electron chi connectivity index (χ3n) is 4.32. The summed E-state index contributed by atoms with van der Waals surface area (Å²) in [5, 5.41) is 3.11. The van der Waals surface area contributed by atoms with E-state index >= 15 is 0 Å². The summed E-state index contributed by atoms with van der Waals surface area (Å²) in [5.41, 5.74) is -0.316. The fourth-order valence-electron chi connectivity index (χ4n) is 3.15. The van der Waals surface area contributed by atoms with Crippen LogP contribution in [0.5, 0.6) is 0 Å². The van der Waals surface area contributed by atoms with Gasteiger partial charge in [-0.1, -0.05) is 18.2 Å². The highest BCUT2D eigenvalue weighted by Gasteiger charge is 2.33. The van der Waals surface area contributed by atoms with Crippen molar-refractivity contribution in [3.63, 3.8) is 0 Å². The number of rotatable bonds is 4. The lowest BCUT2D eigenvalue weighted by molar-refractivity contribution is -0.137. The molecule has 1 atom stereocenters. The first-order chi connectivity index (χ1) is 11.3. The molecule has 0 radical (unpaired) electrons. The van der Waals surface area contributed by atoms with Crippen LogP contribution in [0.3, 0.4) is 0 Å². The molecule has 1 N–H and O–H groups in total. The Balaban J connectivity index is 2.17. The third kappa shape index (κ3) is 4.60. The average molecular weight is 340 g/mol. The molecule has 1 heterocycles. The number of halogens is 3. The molecule has 1 amide bonds. The van der Waals surface area contributed by atoms with E-state index in [1.165, 1.54) is 18.2 Å². The first kappa shape index (κ1) is 18.5. The molecule has 1 aromatic rings. The number of carbonyl (C=O) groups is 1. The highest BCUT2D eigenvalue weighted by atomic mass is 19.4. The molecule has 0 aliphatic carbocycles. The van der Waals surface area contributed by atoms with Crippen molar-refractivity contribution in [1.29, 1.82) is 0 Å². The normalized spacial score (nSPS) is 19.5. The van der Waals surface area contributed by atoms with E-state index in [1.807, 2.05) is 7.05 Å². The Kier molecular flexibility index (Phi) is 6.04. The summed E-state index contributed by atoms with van der Waals surface area (Å²) < 4.78 is 39.3. The zero-order valence-electron chi connectivity index (χ0n) is 14.0. The van der Waals surface area contributed by atoms with Gasteiger partial charge < -0.3 is 10.2 Å². The lowest BCUT2D eigenvalue weighted by Gasteiger charge is -2.32. The number of allylic oxidation sites excluding steroid dienone is 1. The molecule has 0 aromatic heterocycles. The second-order valence-corrected chi connectivity index (χ2v) is 6.22. The number of carbonyl (C=O) groups excluding carboxylic acids is 1. The van der Waals surface area contributed by atoms with Crippen molar-refractivity contribution < 1.29 is 18.0 Å². The molecule has 1 aromatic carbocycles. The number of hydrogen-bond acceptors (Lipinski definition) is 2. The van der Waals surface area contributed by atoms with Crippen LogP contribution >= 0.6 is 0 Å². The van der Waals surface area contributed by atoms with Crippen LogP contribution in [0.25, 0.3) is 5.57 Å². The minimum absolute atomic E-state index is 0.0575. The molecule has 2 rings (SSSR count). The van der Waals surface area contributed by atoms with Crippen LogP contribution in [0, 0.1) is 5.92 Å². The van der Waals surface area contributed by atoms with E-state index in [0.29, 0.717) is 24.6 Å². The number of hydrogen-bond donors (Lipinski definition) is 1. The topological polar surface area (TPSA) is 32.3 Å². The van der Waals surface area contributed by atoms with E-state index in [0.717, 1.165) is 25.5 Å². The summed E-state index contributed by atoms with van der Waals surface area (Å²) in [6, 6.07) is 5.35. The highest BCUT2D eigenvalue weighted by Crippen LogP contribution is 2.34. The molecular weight excluding hydrogens is 317 g/mol. The molecule has 0 saturated carbocycles. The Morgan fingerprint density at radius 1 is 1.38 bits per heavy atom. The second-order valence-electron chi connectivity index (χ2n) is 6.22. The number of benzene rings is 1. The number of nitrogens with one attached hydrogen (secondary N) is 1. The van der Waals surface area contributed by atoms with Gasteiger partial charge in [-0.25, -0.2) is 0 Å². The Bertz CT molecular complexity index is 609. The minimum atomic E-state index is -4.43. The van der Waals surface area contributed by atoms with Crippen LogP contribution in [0.1, 0.15) is 30.9 Å². The Labute approximate surface area is 140 Å². The number of piperidine rings is 1. The lowest BCUT2D eigenvalue weighted by Crippen LogP contribution is -2.41. The molecule has 1 unspecified atom stereocenters. The minimum Gasteiger partial charge on any atom is -0.339 e. The summed E-state index contributed by atoms with van der Waals surface area (Å²) in [5.74, 6) is 0.175. The molecule has 1 saturated heterocycles. The van der Waals surface area contributed by atoms with Gasteiger partial charge in [-0.15, -0.1) is 0 Å². The summed E-state index contributed by atoms with van der Waals surface area (Å²) in [4.78, 5) is 14.2. The molecule has 24 heavy (non-hydrogen) atoms. The van der Waals surface area contributed by atoms with Crippen molar-refractivity contribution in [3.05, 3.63) is 41.5 Å². The fraction of sp³-hybridized carbons (Fsp3) is 0.500. The van der Waals surface area contributed by atoms with Gasteiger partial charge in [-0.2, -0.15) is 13.2 Å². The quantitative estimate of drug-likeness (QED) is 0.850. The third-order valence-corrected chi connectivity index (χ3v) is 4.32. The van der Waals surface area contributed by atoms with E-state index in [1.54, 1.807) is 17.9 Å². The maximum absolute atomic E-state index is 13.1. The predicted molar refractivity (Wildman–Crippen MR) is 88.3 cm³/mol. The molecule has 0 bridgehead atoms. The summed E-state index contributed by atoms with van der Waals surface area (Å²) in [6.07, 6.45) is -1.13. The van der Waals surface area contributed by atoms with Crippen molar-refractivity contribution in [2.45, 2.75) is 25.9 Å². The maximum atomic E-state index is 13.1. The first-order valence-corrected chi connectivity index (χ1v) is 8.11. The van der Waals surface area contributed by atoms with Crippen LogP contribution in [-0.4, -0.2) is 37.5 Å². The zero-order valence-corrected chi connectivity index (χ0v) is 14.0. The zero-order chi connectivity index (χ0) is 17.7. The Morgan fingerprint density at radius 2 is 2.08 bits per heavy atom. The van der Waals surface area contributed by atoms with E-state index < -0.39 is 11.7 Å². The Morgan fingerprint density at radius 3 is 2.75 bits per heavy atom. The van der Waals surface area contributed by atoms with Crippen LogP contribution in [0.4, 0.5) is 13.2 Å². The van der Waals surface area contributed by atoms with Gasteiger partial charge in [0.2, 0.25) is 5.91 Å². The lowest BCUT2D eigenvalue weighted by atomic mass is 9.97. The monoisotopic (exact) mass is 340 g/mol. The van der Waals surface area contributed by atoms with Gasteiger partial charge in [0.1, 0.15) is 0 Å². The SMILES string of the molecule is CNCC1CCCN(C(=O)/C=C(\C)c2ccccc2C(F)(F)F)C1. The van der Waals surface area contributed by atoms with Crippen molar-refractivity contribution in [2.24, 2.45) is 5.92 Å². The van der Waals surface area contributed by atoms with Crippen LogP contribution in [-0.2, 0) is 11.0 Å². The largest absolute Gasteiger partial charge is 0.416 e. The molecule has 3 nitrogen and oxygen atoms in total. The summed E-state index contributed by atoms with van der Waals surface area (Å²) >= 11 is 0. The summed E-state index contributed by atoms with van der Waals surface area (Å²) in [6.45, 7) is 3.69. The van der Waals surface area contributed by atoms with Gasteiger partial charge >= 0.3 is 6.18 Å². The second kappa shape index (κ2) is 7.83. The molecule has 0 spiro atoms. The van der Waals surface area contributed by atoms with E-state index in [2.05, 4.69) is 5.32 Å². The van der Waals surface area contributed by atoms with E-state index in [-0.39, 0.29) is 11.5 Å². The van der Waals surface area contributed by atoms with Crippen molar-refractivity contribution >= 4 is 11.5 Å². The van der Waals surface area contributed by atoms with E-state index in [9.17, 15) is 18.0 Å². The Hall–Kier alpha value is -1.82.